The van der Waals surface area contributed by atoms with Gasteiger partial charge in [-0.25, -0.2) is 8.42 Å². The Morgan fingerprint density at radius 1 is 1.15 bits per heavy atom. The van der Waals surface area contributed by atoms with Gasteiger partial charge < -0.3 is 9.72 Å². The molecule has 0 radical (unpaired) electrons. The van der Waals surface area contributed by atoms with Gasteiger partial charge in [0.25, 0.3) is 0 Å². The quantitative estimate of drug-likeness (QED) is 0.738. The van der Waals surface area contributed by atoms with Crippen LogP contribution in [0.1, 0.15) is 30.0 Å². The van der Waals surface area contributed by atoms with E-state index in [0.29, 0.717) is 18.0 Å². The Labute approximate surface area is 160 Å². The van der Waals surface area contributed by atoms with Crippen LogP contribution in [0, 0.1) is 6.92 Å². The van der Waals surface area contributed by atoms with Crippen LogP contribution in [0.4, 0.5) is 0 Å². The zero-order valence-corrected chi connectivity index (χ0v) is 16.4. The van der Waals surface area contributed by atoms with Gasteiger partial charge in [-0.2, -0.15) is 4.31 Å². The Balaban J connectivity index is 1.61. The number of aromatic amines is 1. The first kappa shape index (κ1) is 18.1. The molecule has 2 aromatic carbocycles. The molecule has 1 atom stereocenters. The van der Waals surface area contributed by atoms with Gasteiger partial charge in [-0.15, -0.1) is 0 Å². The Bertz CT molecular complexity index is 1070. The minimum absolute atomic E-state index is 0.164. The summed E-state index contributed by atoms with van der Waals surface area (Å²) in [5, 5.41) is 1.09. The summed E-state index contributed by atoms with van der Waals surface area (Å²) in [4.78, 5) is 3.84. The van der Waals surface area contributed by atoms with Gasteiger partial charge in [-0.3, -0.25) is 0 Å². The minimum Gasteiger partial charge on any atom is -0.497 e. The van der Waals surface area contributed by atoms with E-state index in [1.54, 1.807) is 29.6 Å². The van der Waals surface area contributed by atoms with Crippen molar-refractivity contribution in [2.24, 2.45) is 0 Å². The maximum atomic E-state index is 13.1. The van der Waals surface area contributed by atoms with Gasteiger partial charge in [0.05, 0.1) is 12.0 Å². The molecular formula is C21H24N2O3S. The fraction of sp³-hybridized carbons (Fsp3) is 0.333. The van der Waals surface area contributed by atoms with Crippen molar-refractivity contribution in [3.05, 3.63) is 59.8 Å². The van der Waals surface area contributed by atoms with E-state index in [1.807, 2.05) is 31.2 Å². The second-order valence-corrected chi connectivity index (χ2v) is 9.13. The van der Waals surface area contributed by atoms with E-state index in [2.05, 4.69) is 11.1 Å². The van der Waals surface area contributed by atoms with Crippen LogP contribution in [-0.4, -0.2) is 37.9 Å². The molecule has 1 aliphatic heterocycles. The Kier molecular flexibility index (Phi) is 4.70. The second-order valence-electron chi connectivity index (χ2n) is 7.20. The third kappa shape index (κ3) is 3.47. The van der Waals surface area contributed by atoms with Crippen molar-refractivity contribution >= 4 is 20.9 Å². The highest BCUT2D eigenvalue weighted by molar-refractivity contribution is 7.89. The molecule has 1 fully saturated rings. The summed E-state index contributed by atoms with van der Waals surface area (Å²) in [7, 11) is -1.81. The summed E-state index contributed by atoms with van der Waals surface area (Å²) in [5.41, 5.74) is 3.08. The van der Waals surface area contributed by atoms with Gasteiger partial charge in [0, 0.05) is 35.6 Å². The smallest absolute Gasteiger partial charge is 0.243 e. The Hall–Kier alpha value is -2.31. The van der Waals surface area contributed by atoms with E-state index in [0.717, 1.165) is 40.8 Å². The highest BCUT2D eigenvalue weighted by Gasteiger charge is 2.31. The second kappa shape index (κ2) is 7.02. The third-order valence-corrected chi connectivity index (χ3v) is 7.16. The highest BCUT2D eigenvalue weighted by atomic mass is 32.2. The van der Waals surface area contributed by atoms with Crippen molar-refractivity contribution in [3.63, 3.8) is 0 Å². The molecule has 0 aliphatic carbocycles. The average molecular weight is 385 g/mol. The summed E-state index contributed by atoms with van der Waals surface area (Å²) in [6, 6.07) is 15.2. The summed E-state index contributed by atoms with van der Waals surface area (Å²) in [6.45, 7) is 2.98. The lowest BCUT2D eigenvalue weighted by atomic mass is 9.96. The van der Waals surface area contributed by atoms with Gasteiger partial charge in [-0.1, -0.05) is 12.1 Å². The zero-order valence-electron chi connectivity index (χ0n) is 15.6. The van der Waals surface area contributed by atoms with Crippen LogP contribution in [0.15, 0.2) is 53.4 Å². The molecule has 2 heterocycles. The number of benzene rings is 2. The van der Waals surface area contributed by atoms with E-state index in [-0.39, 0.29) is 5.92 Å². The molecule has 1 saturated heterocycles. The molecule has 0 spiro atoms. The number of H-pyrrole nitrogens is 1. The number of aryl methyl sites for hydroxylation is 1. The van der Waals surface area contributed by atoms with Crippen LogP contribution >= 0.6 is 0 Å². The molecule has 1 aliphatic rings. The van der Waals surface area contributed by atoms with Crippen molar-refractivity contribution < 1.29 is 13.2 Å². The van der Waals surface area contributed by atoms with E-state index in [9.17, 15) is 8.42 Å². The van der Waals surface area contributed by atoms with Gasteiger partial charge >= 0.3 is 0 Å². The molecule has 142 valence electrons. The molecule has 3 aromatic rings. The van der Waals surface area contributed by atoms with E-state index >= 15 is 0 Å². The predicted molar refractivity (Wildman–Crippen MR) is 107 cm³/mol. The van der Waals surface area contributed by atoms with Gasteiger partial charge in [0.1, 0.15) is 5.75 Å². The monoisotopic (exact) mass is 384 g/mol. The number of piperidine rings is 1. The largest absolute Gasteiger partial charge is 0.497 e. The lowest BCUT2D eigenvalue weighted by molar-refractivity contribution is 0.313. The summed E-state index contributed by atoms with van der Waals surface area (Å²) < 4.78 is 33.1. The van der Waals surface area contributed by atoms with Crippen LogP contribution in [0.5, 0.6) is 5.75 Å². The Morgan fingerprint density at radius 3 is 2.78 bits per heavy atom. The maximum Gasteiger partial charge on any atom is 0.243 e. The number of aromatic nitrogens is 1. The lowest BCUT2D eigenvalue weighted by Crippen LogP contribution is -2.39. The van der Waals surface area contributed by atoms with E-state index in [4.69, 9.17) is 4.74 Å². The number of ether oxygens (including phenoxy) is 1. The fourth-order valence-corrected chi connectivity index (χ4v) is 5.45. The molecule has 6 heteroatoms. The molecule has 5 nitrogen and oxygen atoms in total. The standard InChI is InChI=1S/C21H24N2O3S/c1-15-5-3-7-19(11-15)27(24,25)23-10-4-6-16(14-23)21-13-17-12-18(26-2)8-9-20(17)22-21/h3,5,7-9,11-13,16,22H,4,6,10,14H2,1-2H3. The molecule has 1 aromatic heterocycles. The molecule has 4 rings (SSSR count). The number of hydrogen-bond acceptors (Lipinski definition) is 3. The molecule has 1 N–H and O–H groups in total. The summed E-state index contributed by atoms with van der Waals surface area (Å²) in [6.07, 6.45) is 1.83. The first-order chi connectivity index (χ1) is 13.0. The first-order valence-corrected chi connectivity index (χ1v) is 10.6. The third-order valence-electron chi connectivity index (χ3n) is 5.30. The zero-order chi connectivity index (χ0) is 19.0. The SMILES string of the molecule is COc1ccc2[nH]c(C3CCCN(S(=O)(=O)c4cccc(C)c4)C3)cc2c1. The van der Waals surface area contributed by atoms with Crippen molar-refractivity contribution in [2.75, 3.05) is 20.2 Å². The first-order valence-electron chi connectivity index (χ1n) is 9.21. The van der Waals surface area contributed by atoms with Crippen LogP contribution in [0.25, 0.3) is 10.9 Å². The van der Waals surface area contributed by atoms with Crippen LogP contribution in [0.3, 0.4) is 0 Å². The topological polar surface area (TPSA) is 62.4 Å². The molecule has 0 amide bonds. The molecular weight excluding hydrogens is 360 g/mol. The van der Waals surface area contributed by atoms with E-state index < -0.39 is 10.0 Å². The number of fused-ring (bicyclic) bond motifs is 1. The number of nitrogens with zero attached hydrogens (tertiary/aromatic N) is 1. The Morgan fingerprint density at radius 2 is 2.00 bits per heavy atom. The molecule has 0 bridgehead atoms. The summed E-state index contributed by atoms with van der Waals surface area (Å²) >= 11 is 0. The van der Waals surface area contributed by atoms with Gasteiger partial charge in [0.15, 0.2) is 0 Å². The number of hydrogen-bond donors (Lipinski definition) is 1. The van der Waals surface area contributed by atoms with Crippen molar-refractivity contribution in [1.29, 1.82) is 0 Å². The normalized spacial score (nSPS) is 18.7. The number of sulfonamides is 1. The molecule has 0 saturated carbocycles. The van der Waals surface area contributed by atoms with Gasteiger partial charge in [-0.05, 0) is 61.7 Å². The van der Waals surface area contributed by atoms with Crippen molar-refractivity contribution in [1.82, 2.24) is 9.29 Å². The van der Waals surface area contributed by atoms with Gasteiger partial charge in [0.2, 0.25) is 10.0 Å². The highest BCUT2D eigenvalue weighted by Crippen LogP contribution is 2.32. The number of methoxy groups -OCH3 is 1. The summed E-state index contributed by atoms with van der Waals surface area (Å²) in [5.74, 6) is 0.983. The number of rotatable bonds is 4. The van der Waals surface area contributed by atoms with Crippen LogP contribution < -0.4 is 4.74 Å². The number of nitrogens with one attached hydrogen (secondary N) is 1. The maximum absolute atomic E-state index is 13.1. The minimum atomic E-state index is -3.47. The van der Waals surface area contributed by atoms with E-state index in [1.165, 1.54) is 0 Å². The van der Waals surface area contributed by atoms with Crippen LogP contribution in [0.2, 0.25) is 0 Å². The van der Waals surface area contributed by atoms with Crippen LogP contribution in [-0.2, 0) is 10.0 Å². The molecule has 27 heavy (non-hydrogen) atoms. The fourth-order valence-electron chi connectivity index (χ4n) is 3.82. The molecule has 1 unspecified atom stereocenters. The lowest BCUT2D eigenvalue weighted by Gasteiger charge is -2.31. The van der Waals surface area contributed by atoms with Crippen molar-refractivity contribution in [3.8, 4) is 5.75 Å². The van der Waals surface area contributed by atoms with Crippen molar-refractivity contribution in [2.45, 2.75) is 30.6 Å². The predicted octanol–water partition coefficient (Wildman–Crippen LogP) is 4.05. The average Bonchev–Trinajstić information content (AvgIpc) is 3.11.